The molecule has 3 aliphatic rings. The molecule has 1 saturated carbocycles. The monoisotopic (exact) mass is 264 g/mol. The normalized spacial score (nSPS) is 45.9. The standard InChI is InChI=1S/C15H20O4/c1-8-4-12-10(9(2)14(17)19-12)6-15(3)7-18-13(16)5-11(8)15/h8,10-12H,2,4-7H2,1,3H3/t8-,10-,11+,12+,15-/m1/s1. The number of hydrogen-bond acceptors (Lipinski definition) is 4. The van der Waals surface area contributed by atoms with Crippen LogP contribution < -0.4 is 0 Å². The van der Waals surface area contributed by atoms with Gasteiger partial charge in [-0.2, -0.15) is 0 Å². The molecule has 0 radical (unpaired) electrons. The minimum Gasteiger partial charge on any atom is -0.465 e. The van der Waals surface area contributed by atoms with Crippen LogP contribution in [0.3, 0.4) is 0 Å². The first-order valence-electron chi connectivity index (χ1n) is 6.96. The summed E-state index contributed by atoms with van der Waals surface area (Å²) in [6.45, 7) is 8.65. The molecule has 0 aromatic carbocycles. The first kappa shape index (κ1) is 12.7. The van der Waals surface area contributed by atoms with Gasteiger partial charge >= 0.3 is 11.9 Å². The van der Waals surface area contributed by atoms with Crippen LogP contribution in [0.25, 0.3) is 0 Å². The van der Waals surface area contributed by atoms with Crippen LogP contribution in [0.5, 0.6) is 0 Å². The van der Waals surface area contributed by atoms with Crippen LogP contribution in [0.2, 0.25) is 0 Å². The molecule has 3 rings (SSSR count). The fourth-order valence-electron chi connectivity index (χ4n) is 4.11. The van der Waals surface area contributed by atoms with Crippen molar-refractivity contribution in [1.82, 2.24) is 0 Å². The van der Waals surface area contributed by atoms with Crippen LogP contribution in [0, 0.1) is 23.2 Å². The highest BCUT2D eigenvalue weighted by atomic mass is 16.6. The molecule has 2 heterocycles. The van der Waals surface area contributed by atoms with E-state index in [0.29, 0.717) is 30.4 Å². The average Bonchev–Trinajstić information content (AvgIpc) is 2.54. The zero-order chi connectivity index (χ0) is 13.8. The Bertz CT molecular complexity index is 455. The van der Waals surface area contributed by atoms with Gasteiger partial charge in [-0.1, -0.05) is 20.4 Å². The SMILES string of the molecule is C=C1C(=O)O[C@H]2C[C@@H](C)[C@@H]3CC(=O)OC[C@@]3(C)C[C@H]12. The van der Waals surface area contributed by atoms with Crippen molar-refractivity contribution in [3.8, 4) is 0 Å². The van der Waals surface area contributed by atoms with E-state index in [2.05, 4.69) is 20.4 Å². The molecule has 5 atom stereocenters. The van der Waals surface area contributed by atoms with Crippen molar-refractivity contribution in [2.45, 2.75) is 39.2 Å². The minimum absolute atomic E-state index is 0.0625. The van der Waals surface area contributed by atoms with E-state index in [1.165, 1.54) is 0 Å². The predicted molar refractivity (Wildman–Crippen MR) is 68.1 cm³/mol. The molecule has 19 heavy (non-hydrogen) atoms. The third kappa shape index (κ3) is 1.88. The molecule has 0 spiro atoms. The number of hydrogen-bond donors (Lipinski definition) is 0. The van der Waals surface area contributed by atoms with Crippen molar-refractivity contribution >= 4 is 11.9 Å². The Balaban J connectivity index is 1.93. The number of carbonyl (C=O) groups is 2. The van der Waals surface area contributed by atoms with Gasteiger partial charge in [-0.05, 0) is 24.7 Å². The van der Waals surface area contributed by atoms with E-state index in [0.717, 1.165) is 12.8 Å². The van der Waals surface area contributed by atoms with Gasteiger partial charge in [-0.15, -0.1) is 0 Å². The Morgan fingerprint density at radius 3 is 2.84 bits per heavy atom. The van der Waals surface area contributed by atoms with E-state index in [4.69, 9.17) is 9.47 Å². The number of esters is 2. The van der Waals surface area contributed by atoms with Gasteiger partial charge < -0.3 is 9.47 Å². The fraction of sp³-hybridized carbons (Fsp3) is 0.733. The van der Waals surface area contributed by atoms with E-state index in [-0.39, 0.29) is 29.4 Å². The highest BCUT2D eigenvalue weighted by molar-refractivity contribution is 5.90. The Labute approximate surface area is 113 Å². The summed E-state index contributed by atoms with van der Waals surface area (Å²) in [5.74, 6) is 0.397. The Hall–Kier alpha value is -1.32. The number of cyclic esters (lactones) is 1. The van der Waals surface area contributed by atoms with Crippen molar-refractivity contribution in [3.63, 3.8) is 0 Å². The molecule has 1 aliphatic carbocycles. The van der Waals surface area contributed by atoms with Gasteiger partial charge in [0.2, 0.25) is 0 Å². The summed E-state index contributed by atoms with van der Waals surface area (Å²) in [6.07, 6.45) is 2.07. The number of fused-ring (bicyclic) bond motifs is 2. The summed E-state index contributed by atoms with van der Waals surface area (Å²) < 4.78 is 10.7. The van der Waals surface area contributed by atoms with E-state index in [1.54, 1.807) is 0 Å². The van der Waals surface area contributed by atoms with Gasteiger partial charge in [0.05, 0.1) is 6.61 Å². The third-order valence-electron chi connectivity index (χ3n) is 5.24. The van der Waals surface area contributed by atoms with Crippen LogP contribution in [-0.2, 0) is 19.1 Å². The van der Waals surface area contributed by atoms with Gasteiger partial charge in [-0.3, -0.25) is 4.79 Å². The van der Waals surface area contributed by atoms with Gasteiger partial charge in [0.1, 0.15) is 6.10 Å². The van der Waals surface area contributed by atoms with Crippen molar-refractivity contribution in [2.24, 2.45) is 23.2 Å². The quantitative estimate of drug-likeness (QED) is 0.496. The van der Waals surface area contributed by atoms with Crippen LogP contribution in [-0.4, -0.2) is 24.6 Å². The first-order valence-corrected chi connectivity index (χ1v) is 6.96. The lowest BCUT2D eigenvalue weighted by Crippen LogP contribution is -2.42. The number of ether oxygens (including phenoxy) is 2. The fourth-order valence-corrected chi connectivity index (χ4v) is 4.11. The number of rotatable bonds is 0. The molecule has 0 N–H and O–H groups in total. The van der Waals surface area contributed by atoms with E-state index in [9.17, 15) is 9.59 Å². The van der Waals surface area contributed by atoms with E-state index < -0.39 is 0 Å². The molecule has 2 saturated heterocycles. The maximum atomic E-state index is 11.7. The van der Waals surface area contributed by atoms with Gasteiger partial charge in [-0.25, -0.2) is 4.79 Å². The molecular weight excluding hydrogens is 244 g/mol. The zero-order valence-corrected chi connectivity index (χ0v) is 11.5. The van der Waals surface area contributed by atoms with Crippen LogP contribution in [0.1, 0.15) is 33.1 Å². The molecule has 0 bridgehead atoms. The molecule has 0 amide bonds. The van der Waals surface area contributed by atoms with Crippen molar-refractivity contribution in [1.29, 1.82) is 0 Å². The summed E-state index contributed by atoms with van der Waals surface area (Å²) in [5, 5.41) is 0. The van der Waals surface area contributed by atoms with Gasteiger partial charge in [0.15, 0.2) is 0 Å². The average molecular weight is 264 g/mol. The molecule has 0 aromatic heterocycles. The molecule has 0 aromatic rings. The van der Waals surface area contributed by atoms with E-state index >= 15 is 0 Å². The van der Waals surface area contributed by atoms with Crippen LogP contribution >= 0.6 is 0 Å². The van der Waals surface area contributed by atoms with Crippen molar-refractivity contribution in [2.75, 3.05) is 6.61 Å². The maximum absolute atomic E-state index is 11.7. The van der Waals surface area contributed by atoms with Crippen molar-refractivity contribution < 1.29 is 19.1 Å². The van der Waals surface area contributed by atoms with Crippen molar-refractivity contribution in [3.05, 3.63) is 12.2 Å². The minimum atomic E-state index is -0.253. The molecular formula is C15H20O4. The Kier molecular flexibility index (Phi) is 2.73. The summed E-state index contributed by atoms with van der Waals surface area (Å²) in [4.78, 5) is 23.2. The Morgan fingerprint density at radius 1 is 1.37 bits per heavy atom. The van der Waals surface area contributed by atoms with Gasteiger partial charge in [0.25, 0.3) is 0 Å². The molecule has 2 aliphatic heterocycles. The van der Waals surface area contributed by atoms with Crippen LogP contribution in [0.15, 0.2) is 12.2 Å². The lowest BCUT2D eigenvalue weighted by molar-refractivity contribution is -0.162. The molecule has 4 nitrogen and oxygen atoms in total. The zero-order valence-electron chi connectivity index (χ0n) is 11.5. The number of carbonyl (C=O) groups excluding carboxylic acids is 2. The molecule has 4 heteroatoms. The molecule has 3 fully saturated rings. The topological polar surface area (TPSA) is 52.6 Å². The second-order valence-corrected chi connectivity index (χ2v) is 6.62. The molecule has 104 valence electrons. The second kappa shape index (κ2) is 4.09. The predicted octanol–water partition coefficient (Wildman–Crippen LogP) is 2.08. The Morgan fingerprint density at radius 2 is 2.11 bits per heavy atom. The lowest BCUT2D eigenvalue weighted by Gasteiger charge is -2.42. The lowest BCUT2D eigenvalue weighted by atomic mass is 9.66. The summed E-state index contributed by atoms with van der Waals surface area (Å²) >= 11 is 0. The van der Waals surface area contributed by atoms with Crippen LogP contribution in [0.4, 0.5) is 0 Å². The smallest absolute Gasteiger partial charge is 0.334 e. The largest absolute Gasteiger partial charge is 0.465 e. The third-order valence-corrected chi connectivity index (χ3v) is 5.24. The van der Waals surface area contributed by atoms with Gasteiger partial charge in [0, 0.05) is 23.3 Å². The van der Waals surface area contributed by atoms with E-state index in [1.807, 2.05) is 0 Å². The summed E-state index contributed by atoms with van der Waals surface area (Å²) in [7, 11) is 0. The highest BCUT2D eigenvalue weighted by Crippen LogP contribution is 2.52. The maximum Gasteiger partial charge on any atom is 0.334 e. The summed E-state index contributed by atoms with van der Waals surface area (Å²) in [5.41, 5.74) is 0.528. The summed E-state index contributed by atoms with van der Waals surface area (Å²) in [6, 6.07) is 0. The highest BCUT2D eigenvalue weighted by Gasteiger charge is 2.52. The molecule has 0 unspecified atom stereocenters. The second-order valence-electron chi connectivity index (χ2n) is 6.62. The first-order chi connectivity index (χ1) is 8.90.